The maximum absolute atomic E-state index is 12.4. The van der Waals surface area contributed by atoms with E-state index in [9.17, 15) is 9.59 Å². The summed E-state index contributed by atoms with van der Waals surface area (Å²) in [5.74, 6) is -1.14. The summed E-state index contributed by atoms with van der Waals surface area (Å²) in [5, 5.41) is 19.8. The van der Waals surface area contributed by atoms with E-state index in [1.165, 1.54) is 16.9 Å². The Morgan fingerprint density at radius 3 is 2.42 bits per heavy atom. The summed E-state index contributed by atoms with van der Waals surface area (Å²) in [6, 6.07) is 9.31. The second-order valence-corrected chi connectivity index (χ2v) is 6.18. The number of amides is 1. The fourth-order valence-electron chi connectivity index (χ4n) is 2.76. The number of nitrogens with one attached hydrogen (secondary N) is 1. The predicted molar refractivity (Wildman–Crippen MR) is 95.6 cm³/mol. The van der Waals surface area contributed by atoms with E-state index in [-0.39, 0.29) is 18.1 Å². The molecule has 3 rings (SSSR count). The smallest absolute Gasteiger partial charge is 0.325 e. The molecule has 2 aromatic heterocycles. The molecule has 3 aromatic rings. The second-order valence-electron chi connectivity index (χ2n) is 6.18. The number of carboxylic acids is 1. The molecule has 134 valence electrons. The molecular weight excluding hydrogens is 334 g/mol. The zero-order valence-corrected chi connectivity index (χ0v) is 14.7. The Kier molecular flexibility index (Phi) is 4.57. The normalized spacial score (nSPS) is 10.7. The van der Waals surface area contributed by atoms with Gasteiger partial charge in [0, 0.05) is 18.0 Å². The largest absolute Gasteiger partial charge is 0.480 e. The molecule has 0 saturated heterocycles. The van der Waals surface area contributed by atoms with Crippen molar-refractivity contribution in [2.75, 3.05) is 5.32 Å². The van der Waals surface area contributed by atoms with Crippen LogP contribution in [0.3, 0.4) is 0 Å². The molecule has 0 fully saturated rings. The minimum Gasteiger partial charge on any atom is -0.480 e. The highest BCUT2D eigenvalue weighted by Crippen LogP contribution is 2.17. The lowest BCUT2D eigenvalue weighted by molar-refractivity contribution is -0.137. The fraction of sp³-hybridized carbons (Fsp3) is 0.222. The van der Waals surface area contributed by atoms with Crippen LogP contribution >= 0.6 is 0 Å². The van der Waals surface area contributed by atoms with E-state index in [1.54, 1.807) is 10.7 Å². The summed E-state index contributed by atoms with van der Waals surface area (Å²) in [6.07, 6.45) is 1.49. The van der Waals surface area contributed by atoms with E-state index in [2.05, 4.69) is 21.6 Å². The van der Waals surface area contributed by atoms with E-state index in [4.69, 9.17) is 5.11 Å². The first-order valence-electron chi connectivity index (χ1n) is 8.04. The second kappa shape index (κ2) is 6.83. The third-order valence-corrected chi connectivity index (χ3v) is 3.75. The first kappa shape index (κ1) is 17.4. The maximum atomic E-state index is 12.4. The van der Waals surface area contributed by atoms with Gasteiger partial charge >= 0.3 is 5.97 Å². The number of anilines is 1. The standard InChI is InChI=1S/C18H19N5O3/c1-11-6-12(2)8-14(7-11)23-13(3)9-15(20-23)18(26)19-16-4-5-22(21-16)10-17(24)25/h4-9H,10H2,1-3H3,(H,24,25)(H,19,21,26). The highest BCUT2D eigenvalue weighted by Gasteiger charge is 2.15. The van der Waals surface area contributed by atoms with Gasteiger partial charge in [0.1, 0.15) is 6.54 Å². The van der Waals surface area contributed by atoms with Crippen molar-refractivity contribution >= 4 is 17.7 Å². The third-order valence-electron chi connectivity index (χ3n) is 3.75. The van der Waals surface area contributed by atoms with Gasteiger partial charge in [0.25, 0.3) is 5.91 Å². The summed E-state index contributed by atoms with van der Waals surface area (Å²) in [4.78, 5) is 23.1. The number of benzene rings is 1. The van der Waals surface area contributed by atoms with Crippen LogP contribution in [0.5, 0.6) is 0 Å². The predicted octanol–water partition coefficient (Wildman–Crippen LogP) is 2.33. The van der Waals surface area contributed by atoms with Gasteiger partial charge in [0.15, 0.2) is 11.5 Å². The zero-order chi connectivity index (χ0) is 18.8. The van der Waals surface area contributed by atoms with Crippen molar-refractivity contribution in [3.05, 3.63) is 59.0 Å². The average molecular weight is 353 g/mol. The van der Waals surface area contributed by atoms with Crippen LogP contribution in [0.15, 0.2) is 36.5 Å². The van der Waals surface area contributed by atoms with Crippen molar-refractivity contribution in [3.8, 4) is 5.69 Å². The Labute approximate surface area is 150 Å². The average Bonchev–Trinajstić information content (AvgIpc) is 3.12. The lowest BCUT2D eigenvalue weighted by Gasteiger charge is -2.07. The molecule has 2 N–H and O–H groups in total. The molecule has 0 spiro atoms. The SMILES string of the molecule is Cc1cc(C)cc(-n2nc(C(=O)Nc3ccn(CC(=O)O)n3)cc2C)c1. The summed E-state index contributed by atoms with van der Waals surface area (Å²) in [7, 11) is 0. The zero-order valence-electron chi connectivity index (χ0n) is 14.7. The van der Waals surface area contributed by atoms with E-state index in [1.807, 2.05) is 32.9 Å². The van der Waals surface area contributed by atoms with Crippen molar-refractivity contribution in [1.29, 1.82) is 0 Å². The maximum Gasteiger partial charge on any atom is 0.325 e. The van der Waals surface area contributed by atoms with Crippen molar-refractivity contribution in [3.63, 3.8) is 0 Å². The van der Waals surface area contributed by atoms with Crippen LogP contribution in [0.2, 0.25) is 0 Å². The first-order valence-corrected chi connectivity index (χ1v) is 8.04. The monoisotopic (exact) mass is 353 g/mol. The lowest BCUT2D eigenvalue weighted by atomic mass is 10.1. The lowest BCUT2D eigenvalue weighted by Crippen LogP contribution is -2.15. The van der Waals surface area contributed by atoms with E-state index in [0.29, 0.717) is 0 Å². The first-order chi connectivity index (χ1) is 12.3. The minimum absolute atomic E-state index is 0.259. The van der Waals surface area contributed by atoms with Crippen molar-refractivity contribution in [1.82, 2.24) is 19.6 Å². The number of hydrogen-bond donors (Lipinski definition) is 2. The summed E-state index contributed by atoms with van der Waals surface area (Å²) in [6.45, 7) is 5.63. The van der Waals surface area contributed by atoms with Gasteiger partial charge in [0.2, 0.25) is 0 Å². The number of hydrogen-bond acceptors (Lipinski definition) is 4. The van der Waals surface area contributed by atoms with Crippen LogP contribution in [0.1, 0.15) is 27.3 Å². The number of carbonyl (C=O) groups is 2. The molecule has 0 atom stereocenters. The van der Waals surface area contributed by atoms with Crippen molar-refractivity contribution in [2.24, 2.45) is 0 Å². The quantitative estimate of drug-likeness (QED) is 0.733. The molecule has 0 saturated carbocycles. The number of carbonyl (C=O) groups excluding carboxylic acids is 1. The number of nitrogens with zero attached hydrogens (tertiary/aromatic N) is 4. The van der Waals surface area contributed by atoms with Gasteiger partial charge in [0.05, 0.1) is 5.69 Å². The number of aryl methyl sites for hydroxylation is 3. The van der Waals surface area contributed by atoms with E-state index < -0.39 is 11.9 Å². The molecule has 0 aliphatic rings. The third kappa shape index (κ3) is 3.80. The van der Waals surface area contributed by atoms with Crippen LogP contribution in [0.4, 0.5) is 5.82 Å². The van der Waals surface area contributed by atoms with Crippen molar-refractivity contribution < 1.29 is 14.7 Å². The number of rotatable bonds is 5. The Morgan fingerprint density at radius 2 is 1.77 bits per heavy atom. The van der Waals surface area contributed by atoms with Gasteiger partial charge in [-0.3, -0.25) is 14.3 Å². The Morgan fingerprint density at radius 1 is 1.08 bits per heavy atom. The minimum atomic E-state index is -1.01. The highest BCUT2D eigenvalue weighted by atomic mass is 16.4. The van der Waals surface area contributed by atoms with Gasteiger partial charge in [-0.15, -0.1) is 0 Å². The number of carboxylic acid groups (broad SMARTS) is 1. The van der Waals surface area contributed by atoms with Crippen LogP contribution in [0, 0.1) is 20.8 Å². The van der Waals surface area contributed by atoms with Gasteiger partial charge in [-0.25, -0.2) is 4.68 Å². The molecule has 26 heavy (non-hydrogen) atoms. The Hall–Kier alpha value is -3.42. The molecule has 1 aromatic carbocycles. The molecule has 0 radical (unpaired) electrons. The fourth-order valence-corrected chi connectivity index (χ4v) is 2.76. The highest BCUT2D eigenvalue weighted by molar-refractivity contribution is 6.02. The molecule has 8 nitrogen and oxygen atoms in total. The topological polar surface area (TPSA) is 102 Å². The molecule has 8 heteroatoms. The molecule has 0 aliphatic heterocycles. The molecule has 0 aliphatic carbocycles. The Bertz CT molecular complexity index is 966. The molecular formula is C18H19N5O3. The van der Waals surface area contributed by atoms with Crippen LogP contribution in [-0.2, 0) is 11.3 Å². The van der Waals surface area contributed by atoms with Gasteiger partial charge in [-0.05, 0) is 50.1 Å². The van der Waals surface area contributed by atoms with Crippen molar-refractivity contribution in [2.45, 2.75) is 27.3 Å². The molecule has 2 heterocycles. The Balaban J connectivity index is 1.80. The number of aromatic nitrogens is 4. The van der Waals surface area contributed by atoms with Crippen LogP contribution in [0.25, 0.3) is 5.69 Å². The van der Waals surface area contributed by atoms with Gasteiger partial charge < -0.3 is 10.4 Å². The summed E-state index contributed by atoms with van der Waals surface area (Å²) in [5.41, 5.74) is 4.21. The van der Waals surface area contributed by atoms with E-state index >= 15 is 0 Å². The van der Waals surface area contributed by atoms with E-state index in [0.717, 1.165) is 22.5 Å². The van der Waals surface area contributed by atoms with Gasteiger partial charge in [-0.1, -0.05) is 6.07 Å². The summed E-state index contributed by atoms with van der Waals surface area (Å²) < 4.78 is 2.95. The molecule has 1 amide bonds. The van der Waals surface area contributed by atoms with Crippen LogP contribution < -0.4 is 5.32 Å². The molecule has 0 unspecified atom stereocenters. The van der Waals surface area contributed by atoms with Crippen LogP contribution in [-0.4, -0.2) is 36.5 Å². The number of aliphatic carboxylic acids is 1. The summed E-state index contributed by atoms with van der Waals surface area (Å²) >= 11 is 0. The van der Waals surface area contributed by atoms with Gasteiger partial charge in [-0.2, -0.15) is 10.2 Å². The molecule has 0 bridgehead atoms.